The quantitative estimate of drug-likeness (QED) is 0.740. The Balaban J connectivity index is 1.63. The van der Waals surface area contributed by atoms with Gasteiger partial charge in [0.05, 0.1) is 17.2 Å². The van der Waals surface area contributed by atoms with E-state index >= 15 is 0 Å². The zero-order chi connectivity index (χ0) is 20.8. The van der Waals surface area contributed by atoms with Crippen LogP contribution in [0.2, 0.25) is 5.02 Å². The van der Waals surface area contributed by atoms with Crippen molar-refractivity contribution in [3.63, 3.8) is 0 Å². The highest BCUT2D eigenvalue weighted by atomic mass is 35.5. The van der Waals surface area contributed by atoms with Gasteiger partial charge in [-0.05, 0) is 63.1 Å². The summed E-state index contributed by atoms with van der Waals surface area (Å²) in [6, 6.07) is 15.0. The molecule has 29 heavy (non-hydrogen) atoms. The zero-order valence-corrected chi connectivity index (χ0v) is 17.7. The van der Waals surface area contributed by atoms with Crippen molar-refractivity contribution in [3.05, 3.63) is 64.7 Å². The van der Waals surface area contributed by atoms with E-state index in [9.17, 15) is 9.59 Å². The number of carbonyl (C=O) groups is 2. The van der Waals surface area contributed by atoms with Crippen LogP contribution in [-0.2, 0) is 11.3 Å². The van der Waals surface area contributed by atoms with Gasteiger partial charge in [0, 0.05) is 24.2 Å². The molecule has 0 saturated carbocycles. The summed E-state index contributed by atoms with van der Waals surface area (Å²) >= 11 is 5.96. The van der Waals surface area contributed by atoms with Crippen LogP contribution >= 0.6 is 11.6 Å². The standard InChI is InChI=1S/C23H28ClN3O2/c1-16(2)25-23(29)20-7-3-4-8-21(20)26-22(28)18-6-5-13-27(15-18)14-17-9-11-19(24)12-10-17/h3-4,7-12,16,18H,5-6,13-15H2,1-2H3,(H,25,29)(H,26,28). The molecule has 1 atom stereocenters. The molecule has 6 heteroatoms. The summed E-state index contributed by atoms with van der Waals surface area (Å²) in [4.78, 5) is 27.7. The van der Waals surface area contributed by atoms with Gasteiger partial charge in [-0.15, -0.1) is 0 Å². The highest BCUT2D eigenvalue weighted by molar-refractivity contribution is 6.30. The summed E-state index contributed by atoms with van der Waals surface area (Å²) in [6.07, 6.45) is 1.82. The molecule has 0 aliphatic carbocycles. The minimum Gasteiger partial charge on any atom is -0.350 e. The van der Waals surface area contributed by atoms with Crippen LogP contribution in [0.3, 0.4) is 0 Å². The van der Waals surface area contributed by atoms with Crippen LogP contribution in [0, 0.1) is 5.92 Å². The number of rotatable bonds is 6. The Labute approximate surface area is 177 Å². The largest absolute Gasteiger partial charge is 0.350 e. The average molecular weight is 414 g/mol. The highest BCUT2D eigenvalue weighted by Crippen LogP contribution is 2.22. The Bertz CT molecular complexity index is 851. The second kappa shape index (κ2) is 9.90. The van der Waals surface area contributed by atoms with E-state index in [1.165, 1.54) is 5.56 Å². The Kier molecular flexibility index (Phi) is 7.29. The van der Waals surface area contributed by atoms with Crippen LogP contribution in [0.15, 0.2) is 48.5 Å². The second-order valence-electron chi connectivity index (χ2n) is 7.86. The Morgan fingerprint density at radius 1 is 1.14 bits per heavy atom. The average Bonchev–Trinajstić information content (AvgIpc) is 2.70. The van der Waals surface area contributed by atoms with E-state index in [0.717, 1.165) is 31.0 Å². The molecule has 0 radical (unpaired) electrons. The molecule has 3 rings (SSSR count). The van der Waals surface area contributed by atoms with Gasteiger partial charge >= 0.3 is 0 Å². The van der Waals surface area contributed by atoms with E-state index in [2.05, 4.69) is 15.5 Å². The van der Waals surface area contributed by atoms with Crippen molar-refractivity contribution < 1.29 is 9.59 Å². The normalized spacial score (nSPS) is 17.2. The molecule has 1 aliphatic heterocycles. The molecule has 1 aliphatic rings. The molecular weight excluding hydrogens is 386 g/mol. The summed E-state index contributed by atoms with van der Waals surface area (Å²) < 4.78 is 0. The molecule has 5 nitrogen and oxygen atoms in total. The number of hydrogen-bond acceptors (Lipinski definition) is 3. The molecule has 1 heterocycles. The van der Waals surface area contributed by atoms with Crippen LogP contribution in [-0.4, -0.2) is 35.8 Å². The Hall–Kier alpha value is -2.37. The van der Waals surface area contributed by atoms with Gasteiger partial charge in [-0.25, -0.2) is 0 Å². The summed E-state index contributed by atoms with van der Waals surface area (Å²) in [5.74, 6) is -0.309. The summed E-state index contributed by atoms with van der Waals surface area (Å²) in [6.45, 7) is 6.30. The van der Waals surface area contributed by atoms with E-state index in [1.807, 2.05) is 44.2 Å². The van der Waals surface area contributed by atoms with Crippen molar-refractivity contribution in [3.8, 4) is 0 Å². The van der Waals surface area contributed by atoms with Crippen LogP contribution in [0.4, 0.5) is 5.69 Å². The Morgan fingerprint density at radius 3 is 2.59 bits per heavy atom. The topological polar surface area (TPSA) is 61.4 Å². The molecule has 2 N–H and O–H groups in total. The van der Waals surface area contributed by atoms with Gasteiger partial charge < -0.3 is 10.6 Å². The number of benzene rings is 2. The first-order valence-electron chi connectivity index (χ1n) is 10.1. The van der Waals surface area contributed by atoms with Crippen molar-refractivity contribution in [1.29, 1.82) is 0 Å². The number of halogens is 1. The molecule has 0 spiro atoms. The third-order valence-electron chi connectivity index (χ3n) is 5.05. The third kappa shape index (κ3) is 6.05. The monoisotopic (exact) mass is 413 g/mol. The lowest BCUT2D eigenvalue weighted by Crippen LogP contribution is -2.40. The first kappa shape index (κ1) is 21.3. The van der Waals surface area contributed by atoms with E-state index in [1.54, 1.807) is 18.2 Å². The number of nitrogens with one attached hydrogen (secondary N) is 2. The summed E-state index contributed by atoms with van der Waals surface area (Å²) in [5, 5.41) is 6.59. The fraction of sp³-hybridized carbons (Fsp3) is 0.391. The minimum absolute atomic E-state index is 0.0318. The van der Waals surface area contributed by atoms with Crippen molar-refractivity contribution in [2.24, 2.45) is 5.92 Å². The number of piperidine rings is 1. The number of anilines is 1. The summed E-state index contributed by atoms with van der Waals surface area (Å²) in [5.41, 5.74) is 2.24. The number of hydrogen-bond donors (Lipinski definition) is 2. The van der Waals surface area contributed by atoms with Crippen molar-refractivity contribution in [2.75, 3.05) is 18.4 Å². The lowest BCUT2D eigenvalue weighted by molar-refractivity contribution is -0.121. The lowest BCUT2D eigenvalue weighted by Gasteiger charge is -2.32. The predicted molar refractivity (Wildman–Crippen MR) is 117 cm³/mol. The molecular formula is C23H28ClN3O2. The van der Waals surface area contributed by atoms with Gasteiger partial charge in [0.25, 0.3) is 5.91 Å². The van der Waals surface area contributed by atoms with E-state index in [4.69, 9.17) is 11.6 Å². The molecule has 0 aromatic heterocycles. The first-order valence-corrected chi connectivity index (χ1v) is 10.5. The number of likely N-dealkylation sites (tertiary alicyclic amines) is 1. The molecule has 1 unspecified atom stereocenters. The van der Waals surface area contributed by atoms with Crippen molar-refractivity contribution >= 4 is 29.1 Å². The van der Waals surface area contributed by atoms with Crippen LogP contribution in [0.25, 0.3) is 0 Å². The minimum atomic E-state index is -0.177. The molecule has 154 valence electrons. The van der Waals surface area contributed by atoms with Gasteiger partial charge in [0.15, 0.2) is 0 Å². The van der Waals surface area contributed by atoms with Crippen molar-refractivity contribution in [2.45, 2.75) is 39.3 Å². The number of carbonyl (C=O) groups excluding carboxylic acids is 2. The van der Waals surface area contributed by atoms with Gasteiger partial charge in [0.1, 0.15) is 0 Å². The predicted octanol–water partition coefficient (Wildman–Crippen LogP) is 4.33. The fourth-order valence-corrected chi connectivity index (χ4v) is 3.75. The number of amides is 2. The van der Waals surface area contributed by atoms with Crippen LogP contribution in [0.5, 0.6) is 0 Å². The maximum atomic E-state index is 12.9. The first-order chi connectivity index (χ1) is 13.9. The summed E-state index contributed by atoms with van der Waals surface area (Å²) in [7, 11) is 0. The smallest absolute Gasteiger partial charge is 0.253 e. The van der Waals surface area contributed by atoms with Gasteiger partial charge in [0.2, 0.25) is 5.91 Å². The van der Waals surface area contributed by atoms with E-state index in [0.29, 0.717) is 17.8 Å². The zero-order valence-electron chi connectivity index (χ0n) is 17.0. The van der Waals surface area contributed by atoms with Gasteiger partial charge in [-0.2, -0.15) is 0 Å². The molecule has 1 fully saturated rings. The lowest BCUT2D eigenvalue weighted by atomic mass is 9.96. The molecule has 2 aromatic carbocycles. The van der Waals surface area contributed by atoms with Crippen LogP contribution < -0.4 is 10.6 Å². The molecule has 2 amide bonds. The van der Waals surface area contributed by atoms with E-state index in [-0.39, 0.29) is 23.8 Å². The molecule has 2 aromatic rings. The van der Waals surface area contributed by atoms with Crippen molar-refractivity contribution in [1.82, 2.24) is 10.2 Å². The maximum absolute atomic E-state index is 12.9. The SMILES string of the molecule is CC(C)NC(=O)c1ccccc1NC(=O)C1CCCN(Cc2ccc(Cl)cc2)C1. The second-order valence-corrected chi connectivity index (χ2v) is 8.30. The number of nitrogens with zero attached hydrogens (tertiary/aromatic N) is 1. The maximum Gasteiger partial charge on any atom is 0.253 e. The molecule has 0 bridgehead atoms. The fourth-order valence-electron chi connectivity index (χ4n) is 3.63. The van der Waals surface area contributed by atoms with Gasteiger partial charge in [-0.1, -0.05) is 35.9 Å². The molecule has 1 saturated heterocycles. The van der Waals surface area contributed by atoms with Gasteiger partial charge in [-0.3, -0.25) is 14.5 Å². The Morgan fingerprint density at radius 2 is 1.86 bits per heavy atom. The highest BCUT2D eigenvalue weighted by Gasteiger charge is 2.26. The van der Waals surface area contributed by atoms with Crippen LogP contribution in [0.1, 0.15) is 42.6 Å². The van der Waals surface area contributed by atoms with E-state index < -0.39 is 0 Å². The third-order valence-corrected chi connectivity index (χ3v) is 5.30. The number of para-hydroxylation sites is 1.